The van der Waals surface area contributed by atoms with Crippen LogP contribution in [0.5, 0.6) is 0 Å². The van der Waals surface area contributed by atoms with E-state index < -0.39 is 0 Å². The van der Waals surface area contributed by atoms with Crippen molar-refractivity contribution < 1.29 is 38.4 Å². The van der Waals surface area contributed by atoms with Crippen molar-refractivity contribution in [3.05, 3.63) is 119 Å². The van der Waals surface area contributed by atoms with Gasteiger partial charge in [-0.1, -0.05) is 48.5 Å². The third-order valence-corrected chi connectivity index (χ3v) is 6.98. The highest BCUT2D eigenvalue weighted by Crippen LogP contribution is 2.17. The van der Waals surface area contributed by atoms with Gasteiger partial charge in [0.25, 0.3) is 47.3 Å². The third kappa shape index (κ3) is 6.54. The average Bonchev–Trinajstić information content (AvgIpc) is 3.71. The molecule has 0 aliphatic carbocycles. The van der Waals surface area contributed by atoms with E-state index in [1.54, 1.807) is 48.5 Å². The van der Waals surface area contributed by atoms with Gasteiger partial charge in [-0.15, -0.1) is 0 Å². The molecule has 0 aromatic heterocycles. The molecule has 0 N–H and O–H groups in total. The fraction of sp³-hybridized carbons (Fsp3) is 0.125. The molecule has 0 spiro atoms. The first-order chi connectivity index (χ1) is 21.1. The van der Waals surface area contributed by atoms with E-state index >= 15 is 0 Å². The van der Waals surface area contributed by atoms with Crippen LogP contribution in [0.2, 0.25) is 0 Å². The summed E-state index contributed by atoms with van der Waals surface area (Å²) in [5.41, 5.74) is 3.11. The summed E-state index contributed by atoms with van der Waals surface area (Å²) >= 11 is 0. The first-order valence-electron chi connectivity index (χ1n) is 13.4. The normalized spacial score (nSPS) is 17.3. The molecular weight excluding hydrogens is 568 g/mol. The van der Waals surface area contributed by atoms with Crippen molar-refractivity contribution in [1.82, 2.24) is 19.6 Å². The Balaban J connectivity index is 0.000000175. The van der Waals surface area contributed by atoms with Crippen LogP contribution in [0, 0.1) is 0 Å². The lowest BCUT2D eigenvalue weighted by molar-refractivity contribution is -0.139. The van der Waals surface area contributed by atoms with Crippen LogP contribution in [0.1, 0.15) is 22.3 Å². The molecule has 4 aliphatic rings. The van der Waals surface area contributed by atoms with Crippen LogP contribution >= 0.6 is 0 Å². The zero-order valence-electron chi connectivity index (χ0n) is 23.1. The Morgan fingerprint density at radius 3 is 0.795 bits per heavy atom. The molecule has 220 valence electrons. The van der Waals surface area contributed by atoms with E-state index in [0.29, 0.717) is 0 Å². The topological polar surface area (TPSA) is 150 Å². The molecule has 6 rings (SSSR count). The van der Waals surface area contributed by atoms with E-state index in [1.807, 2.05) is 0 Å². The molecule has 12 nitrogen and oxygen atoms in total. The van der Waals surface area contributed by atoms with Gasteiger partial charge in [0.05, 0.1) is 26.2 Å². The second kappa shape index (κ2) is 12.4. The predicted octanol–water partition coefficient (Wildman–Crippen LogP) is 1.07. The van der Waals surface area contributed by atoms with Crippen LogP contribution < -0.4 is 0 Å². The minimum absolute atomic E-state index is 0.165. The number of imide groups is 4. The fourth-order valence-electron chi connectivity index (χ4n) is 4.65. The van der Waals surface area contributed by atoms with Gasteiger partial charge in [-0.3, -0.25) is 58.0 Å². The van der Waals surface area contributed by atoms with Crippen LogP contribution in [0.4, 0.5) is 0 Å². The van der Waals surface area contributed by atoms with Gasteiger partial charge in [0.15, 0.2) is 0 Å². The van der Waals surface area contributed by atoms with Crippen molar-refractivity contribution >= 4 is 47.3 Å². The average molecular weight is 593 g/mol. The second-order valence-electron chi connectivity index (χ2n) is 10.0. The lowest BCUT2D eigenvalue weighted by Crippen LogP contribution is -2.30. The summed E-state index contributed by atoms with van der Waals surface area (Å²) in [6.07, 6.45) is 9.92. The number of hydrogen-bond donors (Lipinski definition) is 0. The molecule has 2 aromatic rings. The maximum atomic E-state index is 11.6. The van der Waals surface area contributed by atoms with Crippen molar-refractivity contribution in [2.45, 2.75) is 26.2 Å². The number of hydrogen-bond acceptors (Lipinski definition) is 8. The summed E-state index contributed by atoms with van der Waals surface area (Å²) in [6, 6.07) is 14.2. The quantitative estimate of drug-likeness (QED) is 0.414. The Kier molecular flexibility index (Phi) is 8.33. The van der Waals surface area contributed by atoms with Crippen LogP contribution in [0.3, 0.4) is 0 Å². The summed E-state index contributed by atoms with van der Waals surface area (Å²) in [6.45, 7) is 0.736. The Bertz CT molecular complexity index is 1540. The van der Waals surface area contributed by atoms with Gasteiger partial charge in [0, 0.05) is 48.6 Å². The number of carbonyl (C=O) groups is 8. The summed E-state index contributed by atoms with van der Waals surface area (Å²) in [5, 5.41) is 0. The van der Waals surface area contributed by atoms with Crippen LogP contribution in [-0.2, 0) is 64.5 Å². The SMILES string of the molecule is O=C1C=CC(=O)N1Cc1ccc(CN2C(=O)C=CC2=O)cc1.O=C1C=CC(=O)N1Cc1cccc(CN2C(=O)C=CC2=O)c1. The van der Waals surface area contributed by atoms with Crippen molar-refractivity contribution in [3.63, 3.8) is 0 Å². The highest BCUT2D eigenvalue weighted by Gasteiger charge is 2.26. The van der Waals surface area contributed by atoms with E-state index in [2.05, 4.69) is 0 Å². The number of rotatable bonds is 8. The lowest BCUT2D eigenvalue weighted by atomic mass is 10.1. The number of carbonyl (C=O) groups excluding carboxylic acids is 8. The van der Waals surface area contributed by atoms with E-state index in [1.165, 1.54) is 48.6 Å². The first-order valence-corrected chi connectivity index (χ1v) is 13.4. The van der Waals surface area contributed by atoms with Crippen LogP contribution in [0.25, 0.3) is 0 Å². The molecule has 44 heavy (non-hydrogen) atoms. The maximum Gasteiger partial charge on any atom is 0.253 e. The summed E-state index contributed by atoms with van der Waals surface area (Å²) in [7, 11) is 0. The van der Waals surface area contributed by atoms with Crippen molar-refractivity contribution in [2.24, 2.45) is 0 Å². The van der Waals surface area contributed by atoms with Gasteiger partial charge in [0.1, 0.15) is 0 Å². The summed E-state index contributed by atoms with van der Waals surface area (Å²) in [4.78, 5) is 96.7. The molecule has 2 aromatic carbocycles. The molecule has 0 saturated carbocycles. The maximum absolute atomic E-state index is 11.6. The first kappa shape index (κ1) is 29.5. The van der Waals surface area contributed by atoms with Crippen molar-refractivity contribution in [3.8, 4) is 0 Å². The number of benzene rings is 2. The Morgan fingerprint density at radius 1 is 0.318 bits per heavy atom. The highest BCUT2D eigenvalue weighted by molar-refractivity contribution is 6.14. The van der Waals surface area contributed by atoms with Gasteiger partial charge in [0.2, 0.25) is 0 Å². The molecule has 4 heterocycles. The Hall–Kier alpha value is -6.04. The van der Waals surface area contributed by atoms with Crippen LogP contribution in [-0.4, -0.2) is 66.9 Å². The monoisotopic (exact) mass is 592 g/mol. The van der Waals surface area contributed by atoms with E-state index in [4.69, 9.17) is 0 Å². The van der Waals surface area contributed by atoms with E-state index in [9.17, 15) is 38.4 Å². The molecule has 0 radical (unpaired) electrons. The Morgan fingerprint density at radius 2 is 0.545 bits per heavy atom. The predicted molar refractivity (Wildman–Crippen MR) is 152 cm³/mol. The minimum atomic E-state index is -0.343. The number of nitrogens with zero attached hydrogens (tertiary/aromatic N) is 4. The van der Waals surface area contributed by atoms with Crippen molar-refractivity contribution in [1.29, 1.82) is 0 Å². The van der Waals surface area contributed by atoms with Crippen molar-refractivity contribution in [2.75, 3.05) is 0 Å². The van der Waals surface area contributed by atoms with Gasteiger partial charge in [-0.2, -0.15) is 0 Å². The van der Waals surface area contributed by atoms with Crippen LogP contribution in [0.15, 0.2) is 97.1 Å². The molecule has 8 amide bonds. The van der Waals surface area contributed by atoms with Gasteiger partial charge in [-0.25, -0.2) is 0 Å². The largest absolute Gasteiger partial charge is 0.271 e. The van der Waals surface area contributed by atoms with Gasteiger partial charge < -0.3 is 0 Å². The fourth-order valence-corrected chi connectivity index (χ4v) is 4.65. The zero-order valence-corrected chi connectivity index (χ0v) is 23.1. The summed E-state index contributed by atoms with van der Waals surface area (Å²) < 4.78 is 0. The molecule has 0 unspecified atom stereocenters. The standard InChI is InChI=1S/2C16H12N2O4/c19-13-5-6-14(20)17(13)9-11-1-2-12(4-3-11)10-18-15(21)7-8-16(18)22;19-13-4-5-14(20)17(13)9-11-2-1-3-12(8-11)10-18-15(21)6-7-16(18)22/h2*1-8H,9-10H2. The minimum Gasteiger partial charge on any atom is -0.271 e. The van der Waals surface area contributed by atoms with Gasteiger partial charge in [-0.05, 0) is 22.3 Å². The Labute approximate surface area is 250 Å². The molecule has 12 heteroatoms. The molecule has 4 aliphatic heterocycles. The van der Waals surface area contributed by atoms with E-state index in [-0.39, 0.29) is 73.4 Å². The number of amides is 8. The molecule has 0 atom stereocenters. The lowest BCUT2D eigenvalue weighted by Gasteiger charge is -2.16. The molecule has 0 fully saturated rings. The molecule has 0 bridgehead atoms. The highest BCUT2D eigenvalue weighted by atomic mass is 16.2. The third-order valence-electron chi connectivity index (χ3n) is 6.98. The zero-order chi connectivity index (χ0) is 31.4. The van der Waals surface area contributed by atoms with E-state index in [0.717, 1.165) is 41.9 Å². The van der Waals surface area contributed by atoms with Gasteiger partial charge >= 0.3 is 0 Å². The molecule has 0 saturated heterocycles. The summed E-state index contributed by atoms with van der Waals surface area (Å²) in [5.74, 6) is -2.67. The molecular formula is C32H24N4O8. The smallest absolute Gasteiger partial charge is 0.253 e. The second-order valence-corrected chi connectivity index (χ2v) is 10.0.